The standard InChI is InChI=1S/C15H18INO2/c1-10-5-4-6-12(14(10)16)15(17-2)13-8-7-11(19-13)9-18-3/h4-8,15,17H,9H2,1-3H3. The zero-order chi connectivity index (χ0) is 13.8. The molecule has 0 saturated heterocycles. The molecule has 0 radical (unpaired) electrons. The van der Waals surface area contributed by atoms with E-state index >= 15 is 0 Å². The molecule has 2 rings (SSSR count). The fourth-order valence-electron chi connectivity index (χ4n) is 2.11. The van der Waals surface area contributed by atoms with Crippen molar-refractivity contribution in [3.05, 3.63) is 56.5 Å². The molecule has 102 valence electrons. The Hall–Kier alpha value is -0.850. The average molecular weight is 371 g/mol. The SMILES string of the molecule is CNC(c1ccc(COC)o1)c1cccc(C)c1I. The Kier molecular flexibility index (Phi) is 5.01. The van der Waals surface area contributed by atoms with Crippen molar-refractivity contribution in [2.75, 3.05) is 14.2 Å². The lowest BCUT2D eigenvalue weighted by Gasteiger charge is -2.17. The van der Waals surface area contributed by atoms with Gasteiger partial charge in [-0.25, -0.2) is 0 Å². The van der Waals surface area contributed by atoms with E-state index in [0.717, 1.165) is 11.5 Å². The van der Waals surface area contributed by atoms with Crippen LogP contribution in [0.5, 0.6) is 0 Å². The molecule has 3 nitrogen and oxygen atoms in total. The van der Waals surface area contributed by atoms with Gasteiger partial charge in [-0.05, 0) is 59.8 Å². The van der Waals surface area contributed by atoms with Gasteiger partial charge in [0.05, 0.1) is 6.04 Å². The van der Waals surface area contributed by atoms with Gasteiger partial charge in [0.15, 0.2) is 0 Å². The monoisotopic (exact) mass is 371 g/mol. The molecule has 2 aromatic rings. The number of furan rings is 1. The average Bonchev–Trinajstić information content (AvgIpc) is 2.84. The third-order valence-corrected chi connectivity index (χ3v) is 4.55. The smallest absolute Gasteiger partial charge is 0.129 e. The zero-order valence-corrected chi connectivity index (χ0v) is 13.5. The molecule has 1 aromatic heterocycles. The van der Waals surface area contributed by atoms with Crippen LogP contribution in [0.1, 0.15) is 28.7 Å². The van der Waals surface area contributed by atoms with E-state index in [-0.39, 0.29) is 6.04 Å². The Morgan fingerprint density at radius 2 is 2.11 bits per heavy atom. The van der Waals surface area contributed by atoms with Crippen LogP contribution in [0.25, 0.3) is 0 Å². The summed E-state index contributed by atoms with van der Waals surface area (Å²) >= 11 is 2.39. The molecule has 1 aromatic carbocycles. The number of hydrogen-bond acceptors (Lipinski definition) is 3. The molecule has 1 atom stereocenters. The van der Waals surface area contributed by atoms with Crippen molar-refractivity contribution >= 4 is 22.6 Å². The van der Waals surface area contributed by atoms with Crippen LogP contribution < -0.4 is 5.32 Å². The molecule has 1 heterocycles. The molecule has 1 unspecified atom stereocenters. The summed E-state index contributed by atoms with van der Waals surface area (Å²) in [4.78, 5) is 0. The molecule has 0 bridgehead atoms. The van der Waals surface area contributed by atoms with E-state index in [0.29, 0.717) is 6.61 Å². The van der Waals surface area contributed by atoms with Gasteiger partial charge in [0.1, 0.15) is 18.1 Å². The largest absolute Gasteiger partial charge is 0.462 e. The number of rotatable bonds is 5. The third-order valence-electron chi connectivity index (χ3n) is 3.07. The van der Waals surface area contributed by atoms with Gasteiger partial charge in [0.2, 0.25) is 0 Å². The van der Waals surface area contributed by atoms with E-state index in [1.165, 1.54) is 14.7 Å². The summed E-state index contributed by atoms with van der Waals surface area (Å²) < 4.78 is 12.2. The maximum absolute atomic E-state index is 5.84. The zero-order valence-electron chi connectivity index (χ0n) is 11.4. The molecular weight excluding hydrogens is 353 g/mol. The number of benzene rings is 1. The van der Waals surface area contributed by atoms with Crippen molar-refractivity contribution in [1.82, 2.24) is 5.32 Å². The molecule has 0 fully saturated rings. The molecule has 4 heteroatoms. The second kappa shape index (κ2) is 6.54. The predicted molar refractivity (Wildman–Crippen MR) is 84.2 cm³/mol. The summed E-state index contributed by atoms with van der Waals surface area (Å²) in [6, 6.07) is 10.4. The highest BCUT2D eigenvalue weighted by Crippen LogP contribution is 2.29. The lowest BCUT2D eigenvalue weighted by molar-refractivity contribution is 0.162. The maximum atomic E-state index is 5.84. The van der Waals surface area contributed by atoms with E-state index in [2.05, 4.69) is 53.0 Å². The second-order valence-electron chi connectivity index (χ2n) is 4.44. The van der Waals surface area contributed by atoms with Crippen LogP contribution >= 0.6 is 22.6 Å². The summed E-state index contributed by atoms with van der Waals surface area (Å²) in [5.41, 5.74) is 2.52. The molecule has 19 heavy (non-hydrogen) atoms. The van der Waals surface area contributed by atoms with E-state index < -0.39 is 0 Å². The van der Waals surface area contributed by atoms with Crippen molar-refractivity contribution in [3.63, 3.8) is 0 Å². The fraction of sp³-hybridized carbons (Fsp3) is 0.333. The Morgan fingerprint density at radius 1 is 1.32 bits per heavy atom. The van der Waals surface area contributed by atoms with Crippen LogP contribution in [0.3, 0.4) is 0 Å². The van der Waals surface area contributed by atoms with Gasteiger partial charge < -0.3 is 14.5 Å². The highest BCUT2D eigenvalue weighted by molar-refractivity contribution is 14.1. The van der Waals surface area contributed by atoms with Crippen molar-refractivity contribution in [2.24, 2.45) is 0 Å². The maximum Gasteiger partial charge on any atom is 0.129 e. The van der Waals surface area contributed by atoms with Crippen LogP contribution in [0.2, 0.25) is 0 Å². The third kappa shape index (κ3) is 3.19. The molecular formula is C15H18INO2. The summed E-state index contributed by atoms with van der Waals surface area (Å²) in [6.45, 7) is 2.62. The highest BCUT2D eigenvalue weighted by atomic mass is 127. The summed E-state index contributed by atoms with van der Waals surface area (Å²) in [7, 11) is 3.61. The number of methoxy groups -OCH3 is 1. The molecule has 0 saturated carbocycles. The van der Waals surface area contributed by atoms with Gasteiger partial charge in [0, 0.05) is 10.7 Å². The number of halogens is 1. The Bertz CT molecular complexity index is 551. The first kappa shape index (κ1) is 14.6. The predicted octanol–water partition coefficient (Wildman–Crippen LogP) is 3.65. The second-order valence-corrected chi connectivity index (χ2v) is 5.52. The van der Waals surface area contributed by atoms with E-state index in [4.69, 9.17) is 9.15 Å². The lowest BCUT2D eigenvalue weighted by Crippen LogP contribution is -2.18. The van der Waals surface area contributed by atoms with Crippen molar-refractivity contribution in [2.45, 2.75) is 19.6 Å². The Morgan fingerprint density at radius 3 is 2.79 bits per heavy atom. The van der Waals surface area contributed by atoms with Gasteiger partial charge in [-0.2, -0.15) is 0 Å². The van der Waals surface area contributed by atoms with Crippen LogP contribution in [-0.4, -0.2) is 14.2 Å². The number of nitrogens with one attached hydrogen (secondary N) is 1. The summed E-state index contributed by atoms with van der Waals surface area (Å²) in [5.74, 6) is 1.76. The summed E-state index contributed by atoms with van der Waals surface area (Å²) in [6.07, 6.45) is 0. The Balaban J connectivity index is 2.35. The van der Waals surface area contributed by atoms with Gasteiger partial charge in [0.25, 0.3) is 0 Å². The highest BCUT2D eigenvalue weighted by Gasteiger charge is 2.19. The van der Waals surface area contributed by atoms with Crippen LogP contribution in [0.15, 0.2) is 34.7 Å². The Labute approximate surface area is 127 Å². The number of hydrogen-bond donors (Lipinski definition) is 1. The quantitative estimate of drug-likeness (QED) is 0.815. The van der Waals surface area contributed by atoms with Crippen molar-refractivity contribution < 1.29 is 9.15 Å². The van der Waals surface area contributed by atoms with Crippen LogP contribution in [-0.2, 0) is 11.3 Å². The van der Waals surface area contributed by atoms with E-state index in [1.807, 2.05) is 19.2 Å². The van der Waals surface area contributed by atoms with E-state index in [1.54, 1.807) is 7.11 Å². The van der Waals surface area contributed by atoms with E-state index in [9.17, 15) is 0 Å². The first-order valence-electron chi connectivity index (χ1n) is 6.17. The minimum Gasteiger partial charge on any atom is -0.462 e. The molecule has 0 aliphatic rings. The minimum atomic E-state index is 0.0670. The molecule has 0 aliphatic carbocycles. The number of ether oxygens (including phenoxy) is 1. The fourth-order valence-corrected chi connectivity index (χ4v) is 2.78. The first-order valence-corrected chi connectivity index (χ1v) is 7.25. The molecule has 0 amide bonds. The van der Waals surface area contributed by atoms with Gasteiger partial charge >= 0.3 is 0 Å². The molecule has 1 N–H and O–H groups in total. The van der Waals surface area contributed by atoms with Crippen molar-refractivity contribution in [1.29, 1.82) is 0 Å². The van der Waals surface area contributed by atoms with Gasteiger partial charge in [-0.3, -0.25) is 0 Å². The lowest BCUT2D eigenvalue weighted by atomic mass is 10.0. The van der Waals surface area contributed by atoms with Gasteiger partial charge in [-0.1, -0.05) is 18.2 Å². The van der Waals surface area contributed by atoms with Gasteiger partial charge in [-0.15, -0.1) is 0 Å². The summed E-state index contributed by atoms with van der Waals surface area (Å²) in [5, 5.41) is 3.32. The normalized spacial score (nSPS) is 12.6. The van der Waals surface area contributed by atoms with Crippen LogP contribution in [0, 0.1) is 10.5 Å². The van der Waals surface area contributed by atoms with Crippen molar-refractivity contribution in [3.8, 4) is 0 Å². The first-order chi connectivity index (χ1) is 9.17. The topological polar surface area (TPSA) is 34.4 Å². The number of aryl methyl sites for hydroxylation is 1. The minimum absolute atomic E-state index is 0.0670. The molecule has 0 aliphatic heterocycles. The molecule has 0 spiro atoms. The van der Waals surface area contributed by atoms with Crippen LogP contribution in [0.4, 0.5) is 0 Å².